The van der Waals surface area contributed by atoms with Crippen molar-refractivity contribution in [2.24, 2.45) is 5.92 Å². The number of hydrogen-bond donors (Lipinski definition) is 1. The lowest BCUT2D eigenvalue weighted by Gasteiger charge is -2.24. The highest BCUT2D eigenvalue weighted by molar-refractivity contribution is 7.10. The third-order valence-corrected chi connectivity index (χ3v) is 6.02. The van der Waals surface area contributed by atoms with Crippen LogP contribution in [0.5, 0.6) is 0 Å². The first-order chi connectivity index (χ1) is 12.9. The zero-order chi connectivity index (χ0) is 19.4. The molecule has 144 valence electrons. The van der Waals surface area contributed by atoms with Gasteiger partial charge in [-0.15, -0.1) is 11.3 Å². The van der Waals surface area contributed by atoms with Gasteiger partial charge in [0, 0.05) is 30.9 Å². The van der Waals surface area contributed by atoms with Gasteiger partial charge in [0.15, 0.2) is 0 Å². The Morgan fingerprint density at radius 3 is 2.67 bits per heavy atom. The molecule has 1 fully saturated rings. The van der Waals surface area contributed by atoms with Crippen LogP contribution in [0.2, 0.25) is 0 Å². The van der Waals surface area contributed by atoms with Crippen molar-refractivity contribution in [3.8, 4) is 0 Å². The van der Waals surface area contributed by atoms with Crippen LogP contribution in [0, 0.1) is 12.8 Å². The Bertz CT molecular complexity index is 771. The minimum absolute atomic E-state index is 0.0295. The molecule has 1 aromatic heterocycles. The van der Waals surface area contributed by atoms with Crippen LogP contribution in [0.25, 0.3) is 0 Å². The number of carbonyl (C=O) groups is 2. The summed E-state index contributed by atoms with van der Waals surface area (Å²) in [5.74, 6) is -0.245. The third-order valence-electron chi connectivity index (χ3n) is 5.04. The molecule has 1 saturated heterocycles. The van der Waals surface area contributed by atoms with Crippen molar-refractivity contribution in [3.63, 3.8) is 0 Å². The van der Waals surface area contributed by atoms with Crippen molar-refractivity contribution in [1.29, 1.82) is 0 Å². The van der Waals surface area contributed by atoms with Gasteiger partial charge in [-0.2, -0.15) is 0 Å². The van der Waals surface area contributed by atoms with E-state index in [9.17, 15) is 9.59 Å². The van der Waals surface area contributed by atoms with E-state index in [1.807, 2.05) is 56.7 Å². The maximum absolute atomic E-state index is 12.6. The second kappa shape index (κ2) is 8.67. The van der Waals surface area contributed by atoms with E-state index in [0.717, 1.165) is 5.56 Å². The molecule has 0 unspecified atom stereocenters. The van der Waals surface area contributed by atoms with Crippen molar-refractivity contribution < 1.29 is 9.59 Å². The van der Waals surface area contributed by atoms with E-state index in [1.165, 1.54) is 10.4 Å². The van der Waals surface area contributed by atoms with Gasteiger partial charge < -0.3 is 15.1 Å². The summed E-state index contributed by atoms with van der Waals surface area (Å²) >= 11 is 1.69. The number of hydrogen-bond acceptors (Lipinski definition) is 4. The van der Waals surface area contributed by atoms with Crippen molar-refractivity contribution in [2.45, 2.75) is 25.9 Å². The molecule has 2 atom stereocenters. The van der Waals surface area contributed by atoms with Gasteiger partial charge in [0.25, 0.3) is 0 Å². The van der Waals surface area contributed by atoms with Crippen molar-refractivity contribution in [2.75, 3.05) is 27.2 Å². The lowest BCUT2D eigenvalue weighted by atomic mass is 10.1. The molecule has 2 heterocycles. The molecule has 0 spiro atoms. The van der Waals surface area contributed by atoms with Gasteiger partial charge in [0.05, 0.1) is 12.0 Å². The van der Waals surface area contributed by atoms with Gasteiger partial charge >= 0.3 is 0 Å². The molecule has 0 bridgehead atoms. The van der Waals surface area contributed by atoms with Gasteiger partial charge in [0.2, 0.25) is 11.8 Å². The Morgan fingerprint density at radius 2 is 2.04 bits per heavy atom. The average Bonchev–Trinajstić information content (AvgIpc) is 3.27. The lowest BCUT2D eigenvalue weighted by Crippen LogP contribution is -2.38. The van der Waals surface area contributed by atoms with E-state index < -0.39 is 0 Å². The number of amides is 2. The van der Waals surface area contributed by atoms with Crippen LogP contribution in [0.15, 0.2) is 41.8 Å². The first kappa shape index (κ1) is 19.6. The van der Waals surface area contributed by atoms with Crippen LogP contribution in [0.1, 0.15) is 28.5 Å². The van der Waals surface area contributed by atoms with Crippen LogP contribution in [-0.4, -0.2) is 48.8 Å². The summed E-state index contributed by atoms with van der Waals surface area (Å²) in [5.41, 5.74) is 2.30. The fourth-order valence-corrected chi connectivity index (χ4v) is 4.30. The topological polar surface area (TPSA) is 52.7 Å². The number of benzene rings is 1. The molecular weight excluding hydrogens is 358 g/mol. The maximum Gasteiger partial charge on any atom is 0.225 e. The molecule has 27 heavy (non-hydrogen) atoms. The smallest absolute Gasteiger partial charge is 0.225 e. The number of rotatable bonds is 7. The normalized spacial score (nSPS) is 18.1. The number of thiophene rings is 1. The first-order valence-corrected chi connectivity index (χ1v) is 10.1. The molecular formula is C21H27N3O2S. The van der Waals surface area contributed by atoms with Crippen LogP contribution in [-0.2, 0) is 16.1 Å². The number of aryl methyl sites for hydroxylation is 1. The summed E-state index contributed by atoms with van der Waals surface area (Å²) < 4.78 is 0. The molecule has 5 nitrogen and oxygen atoms in total. The summed E-state index contributed by atoms with van der Waals surface area (Å²) in [6.07, 6.45) is 0.295. The van der Waals surface area contributed by atoms with E-state index in [-0.39, 0.29) is 23.8 Å². The number of nitrogens with one attached hydrogen (secondary N) is 1. The molecule has 0 radical (unpaired) electrons. The van der Waals surface area contributed by atoms with Gasteiger partial charge in [-0.25, -0.2) is 0 Å². The third kappa shape index (κ3) is 4.96. The molecule has 0 saturated carbocycles. The van der Waals surface area contributed by atoms with Gasteiger partial charge in [0.1, 0.15) is 0 Å². The standard InChI is InChI=1S/C21H27N3O2S/c1-15-6-8-16(9-7-15)13-24-14-17(11-20(24)25)21(26)22-12-18(23(2)3)19-5-4-10-27-19/h4-10,17-18H,11-14H2,1-3H3,(H,22,26)/t17-,18-/m0/s1. The molecule has 1 aliphatic rings. The maximum atomic E-state index is 12.6. The second-order valence-electron chi connectivity index (χ2n) is 7.40. The highest BCUT2D eigenvalue weighted by Crippen LogP contribution is 2.24. The monoisotopic (exact) mass is 385 g/mol. The number of nitrogens with zero attached hydrogens (tertiary/aromatic N) is 2. The van der Waals surface area contributed by atoms with E-state index in [1.54, 1.807) is 16.2 Å². The Morgan fingerprint density at radius 1 is 1.30 bits per heavy atom. The Kier molecular flexibility index (Phi) is 6.29. The minimum atomic E-state index is -0.269. The zero-order valence-electron chi connectivity index (χ0n) is 16.1. The minimum Gasteiger partial charge on any atom is -0.354 e. The van der Waals surface area contributed by atoms with E-state index in [0.29, 0.717) is 26.1 Å². The molecule has 1 N–H and O–H groups in total. The Hall–Kier alpha value is -2.18. The number of likely N-dealkylation sites (N-methyl/N-ethyl adjacent to an activating group) is 1. The molecule has 3 rings (SSSR count). The van der Waals surface area contributed by atoms with Crippen molar-refractivity contribution >= 4 is 23.2 Å². The molecule has 6 heteroatoms. The Labute approximate surface area is 165 Å². The predicted molar refractivity (Wildman–Crippen MR) is 108 cm³/mol. The molecule has 2 aromatic rings. The van der Waals surface area contributed by atoms with Crippen molar-refractivity contribution in [3.05, 3.63) is 57.8 Å². The summed E-state index contributed by atoms with van der Waals surface area (Å²) in [4.78, 5) is 30.1. The molecule has 0 aliphatic carbocycles. The van der Waals surface area contributed by atoms with E-state index in [2.05, 4.69) is 16.3 Å². The van der Waals surface area contributed by atoms with Gasteiger partial charge in [-0.1, -0.05) is 35.9 Å². The fourth-order valence-electron chi connectivity index (χ4n) is 3.37. The fraction of sp³-hybridized carbons (Fsp3) is 0.429. The average molecular weight is 386 g/mol. The Balaban J connectivity index is 1.54. The number of likely N-dealkylation sites (tertiary alicyclic amines) is 1. The largest absolute Gasteiger partial charge is 0.354 e. The first-order valence-electron chi connectivity index (χ1n) is 9.25. The lowest BCUT2D eigenvalue weighted by molar-refractivity contribution is -0.129. The highest BCUT2D eigenvalue weighted by atomic mass is 32.1. The van der Waals surface area contributed by atoms with Crippen LogP contribution in [0.3, 0.4) is 0 Å². The quantitative estimate of drug-likeness (QED) is 0.797. The SMILES string of the molecule is Cc1ccc(CN2C[C@@H](C(=O)NC[C@@H](c3cccs3)N(C)C)CC2=O)cc1. The molecule has 1 aliphatic heterocycles. The van der Waals surface area contributed by atoms with Gasteiger partial charge in [-0.3, -0.25) is 9.59 Å². The summed E-state index contributed by atoms with van der Waals surface area (Å²) in [6, 6.07) is 12.4. The van der Waals surface area contributed by atoms with E-state index >= 15 is 0 Å². The van der Waals surface area contributed by atoms with Crippen molar-refractivity contribution in [1.82, 2.24) is 15.1 Å². The molecule has 2 amide bonds. The van der Waals surface area contributed by atoms with Crippen LogP contribution in [0.4, 0.5) is 0 Å². The number of carbonyl (C=O) groups excluding carboxylic acids is 2. The summed E-state index contributed by atoms with van der Waals surface area (Å²) in [5, 5.41) is 5.10. The van der Waals surface area contributed by atoms with Crippen LogP contribution >= 0.6 is 11.3 Å². The zero-order valence-corrected chi connectivity index (χ0v) is 17.0. The highest BCUT2D eigenvalue weighted by Gasteiger charge is 2.34. The van der Waals surface area contributed by atoms with E-state index in [4.69, 9.17) is 0 Å². The van der Waals surface area contributed by atoms with Gasteiger partial charge in [-0.05, 0) is 38.0 Å². The molecule has 1 aromatic carbocycles. The summed E-state index contributed by atoms with van der Waals surface area (Å²) in [7, 11) is 4.03. The van der Waals surface area contributed by atoms with Crippen LogP contribution < -0.4 is 5.32 Å². The summed E-state index contributed by atoms with van der Waals surface area (Å²) in [6.45, 7) is 3.65. The second-order valence-corrected chi connectivity index (χ2v) is 8.38. The predicted octanol–water partition coefficient (Wildman–Crippen LogP) is 2.82.